The van der Waals surface area contributed by atoms with E-state index in [1.807, 2.05) is 19.1 Å². The van der Waals surface area contributed by atoms with Gasteiger partial charge in [-0.15, -0.1) is 11.3 Å². The largest absolute Gasteiger partial charge is 0.384 e. The smallest absolute Gasteiger partial charge is 0.126 e. The van der Waals surface area contributed by atoms with Gasteiger partial charge in [0.05, 0.1) is 0 Å². The number of hydrogen-bond donors (Lipinski definition) is 1. The molecule has 1 N–H and O–H groups in total. The summed E-state index contributed by atoms with van der Waals surface area (Å²) in [7, 11) is 0. The van der Waals surface area contributed by atoms with Crippen molar-refractivity contribution in [2.45, 2.75) is 25.9 Å². The predicted molar refractivity (Wildman–Crippen MR) is 73.7 cm³/mol. The van der Waals surface area contributed by atoms with Gasteiger partial charge in [-0.05, 0) is 49.7 Å². The zero-order chi connectivity index (χ0) is 13.3. The highest BCUT2D eigenvalue weighted by atomic mass is 35.5. The molecule has 96 valence electrons. The van der Waals surface area contributed by atoms with E-state index in [-0.39, 0.29) is 12.2 Å². The van der Waals surface area contributed by atoms with Crippen molar-refractivity contribution in [2.75, 3.05) is 0 Å². The normalized spacial score (nSPS) is 14.5. The Bertz CT molecular complexity index is 563. The fraction of sp³-hybridized carbons (Fsp3) is 0.286. The van der Waals surface area contributed by atoms with Crippen molar-refractivity contribution in [1.82, 2.24) is 0 Å². The van der Waals surface area contributed by atoms with E-state index in [9.17, 15) is 9.50 Å². The Balaban J connectivity index is 2.29. The Morgan fingerprint density at radius 3 is 2.67 bits per heavy atom. The summed E-state index contributed by atoms with van der Waals surface area (Å²) < 4.78 is 13.7. The van der Waals surface area contributed by atoms with E-state index < -0.39 is 5.60 Å². The van der Waals surface area contributed by atoms with Crippen molar-refractivity contribution >= 4 is 22.9 Å². The van der Waals surface area contributed by atoms with Crippen LogP contribution in [-0.2, 0) is 12.0 Å². The molecule has 1 atom stereocenters. The van der Waals surface area contributed by atoms with Gasteiger partial charge in [-0.25, -0.2) is 4.39 Å². The SMILES string of the molecule is Cc1ccc(C(C)(O)Cc2cc(Cl)ccc2F)s1. The number of aryl methyl sites for hydroxylation is 1. The molecule has 0 bridgehead atoms. The van der Waals surface area contributed by atoms with Gasteiger partial charge in [-0.2, -0.15) is 0 Å². The quantitative estimate of drug-likeness (QED) is 0.891. The molecule has 0 saturated heterocycles. The summed E-state index contributed by atoms with van der Waals surface area (Å²) in [5.74, 6) is -0.340. The van der Waals surface area contributed by atoms with Gasteiger partial charge < -0.3 is 5.11 Å². The van der Waals surface area contributed by atoms with Crippen molar-refractivity contribution in [2.24, 2.45) is 0 Å². The molecule has 1 nitrogen and oxygen atoms in total. The van der Waals surface area contributed by atoms with Crippen molar-refractivity contribution in [3.63, 3.8) is 0 Å². The molecule has 0 fully saturated rings. The lowest BCUT2D eigenvalue weighted by molar-refractivity contribution is 0.0605. The first-order chi connectivity index (χ1) is 8.38. The first-order valence-electron chi connectivity index (χ1n) is 5.62. The highest BCUT2D eigenvalue weighted by Gasteiger charge is 2.26. The van der Waals surface area contributed by atoms with Gasteiger partial charge in [0.15, 0.2) is 0 Å². The molecule has 1 aromatic carbocycles. The minimum Gasteiger partial charge on any atom is -0.384 e. The monoisotopic (exact) mass is 284 g/mol. The maximum Gasteiger partial charge on any atom is 0.126 e. The molecule has 18 heavy (non-hydrogen) atoms. The summed E-state index contributed by atoms with van der Waals surface area (Å²) in [4.78, 5) is 1.95. The van der Waals surface area contributed by atoms with Crippen LogP contribution in [0.25, 0.3) is 0 Å². The Morgan fingerprint density at radius 2 is 2.06 bits per heavy atom. The van der Waals surface area contributed by atoms with Crippen LogP contribution in [0.2, 0.25) is 5.02 Å². The summed E-state index contributed by atoms with van der Waals surface area (Å²) in [5, 5.41) is 10.9. The Kier molecular flexibility index (Phi) is 3.76. The molecule has 0 saturated carbocycles. The van der Waals surface area contributed by atoms with Gasteiger partial charge in [0.1, 0.15) is 11.4 Å². The highest BCUT2D eigenvalue weighted by molar-refractivity contribution is 7.12. The number of benzene rings is 1. The molecule has 0 amide bonds. The van der Waals surface area contributed by atoms with Crippen LogP contribution in [0.3, 0.4) is 0 Å². The van der Waals surface area contributed by atoms with E-state index >= 15 is 0 Å². The molecule has 2 aromatic rings. The summed E-state index contributed by atoms with van der Waals surface area (Å²) in [6, 6.07) is 8.22. The highest BCUT2D eigenvalue weighted by Crippen LogP contribution is 2.32. The van der Waals surface area contributed by atoms with Gasteiger partial charge in [-0.3, -0.25) is 0 Å². The Hall–Kier alpha value is -0.900. The number of aliphatic hydroxyl groups is 1. The van der Waals surface area contributed by atoms with Gasteiger partial charge >= 0.3 is 0 Å². The zero-order valence-electron chi connectivity index (χ0n) is 10.2. The first kappa shape index (κ1) is 13.5. The van der Waals surface area contributed by atoms with Crippen LogP contribution in [0.4, 0.5) is 4.39 Å². The number of thiophene rings is 1. The summed E-state index contributed by atoms with van der Waals surface area (Å²) >= 11 is 7.37. The maximum absolute atomic E-state index is 13.7. The second kappa shape index (κ2) is 5.00. The Labute approximate surface area is 115 Å². The van der Waals surface area contributed by atoms with Gasteiger partial charge in [-0.1, -0.05) is 11.6 Å². The lowest BCUT2D eigenvalue weighted by Crippen LogP contribution is -2.23. The van der Waals surface area contributed by atoms with Gasteiger partial charge in [0, 0.05) is 21.2 Å². The predicted octanol–water partition coefficient (Wildman–Crippen LogP) is 4.30. The summed E-state index contributed by atoms with van der Waals surface area (Å²) in [6.07, 6.45) is 0.208. The fourth-order valence-electron chi connectivity index (χ4n) is 1.86. The van der Waals surface area contributed by atoms with Crippen molar-refractivity contribution in [1.29, 1.82) is 0 Å². The molecular weight excluding hydrogens is 271 g/mol. The van der Waals surface area contributed by atoms with Crippen LogP contribution >= 0.6 is 22.9 Å². The van der Waals surface area contributed by atoms with E-state index in [4.69, 9.17) is 11.6 Å². The number of hydrogen-bond acceptors (Lipinski definition) is 2. The lowest BCUT2D eigenvalue weighted by Gasteiger charge is -2.22. The van der Waals surface area contributed by atoms with E-state index in [0.29, 0.717) is 10.6 Å². The van der Waals surface area contributed by atoms with E-state index in [1.165, 1.54) is 23.5 Å². The van der Waals surface area contributed by atoms with Crippen molar-refractivity contribution < 1.29 is 9.50 Å². The Morgan fingerprint density at radius 1 is 1.33 bits per heavy atom. The topological polar surface area (TPSA) is 20.2 Å². The molecule has 1 aromatic heterocycles. The molecule has 1 unspecified atom stereocenters. The molecule has 0 aliphatic heterocycles. The molecule has 1 heterocycles. The molecular formula is C14H14ClFOS. The third-order valence-corrected chi connectivity index (χ3v) is 4.30. The van der Waals surface area contributed by atoms with Crippen molar-refractivity contribution in [3.05, 3.63) is 56.5 Å². The van der Waals surface area contributed by atoms with E-state index in [2.05, 4.69) is 0 Å². The molecule has 4 heteroatoms. The fourth-order valence-corrected chi connectivity index (χ4v) is 2.97. The van der Waals surface area contributed by atoms with Crippen LogP contribution in [0, 0.1) is 12.7 Å². The van der Waals surface area contributed by atoms with Crippen LogP contribution < -0.4 is 0 Å². The second-order valence-electron chi connectivity index (χ2n) is 4.60. The van der Waals surface area contributed by atoms with Gasteiger partial charge in [0.25, 0.3) is 0 Å². The standard InChI is InChI=1S/C14H14ClFOS/c1-9-3-6-13(18-9)14(2,17)8-10-7-11(15)4-5-12(10)16/h3-7,17H,8H2,1-2H3. The zero-order valence-corrected chi connectivity index (χ0v) is 11.8. The molecule has 0 spiro atoms. The summed E-state index contributed by atoms with van der Waals surface area (Å²) in [5.41, 5.74) is -0.650. The average Bonchev–Trinajstić information content (AvgIpc) is 2.71. The molecule has 0 radical (unpaired) electrons. The number of rotatable bonds is 3. The molecule has 0 aliphatic rings. The van der Waals surface area contributed by atoms with Gasteiger partial charge in [0.2, 0.25) is 0 Å². The minimum absolute atomic E-state index is 0.208. The summed E-state index contributed by atoms with van der Waals surface area (Å²) in [6.45, 7) is 3.67. The second-order valence-corrected chi connectivity index (χ2v) is 6.32. The van der Waals surface area contributed by atoms with Crippen LogP contribution in [0.5, 0.6) is 0 Å². The van der Waals surface area contributed by atoms with E-state index in [1.54, 1.807) is 13.0 Å². The molecule has 0 aliphatic carbocycles. The average molecular weight is 285 g/mol. The number of halogens is 2. The minimum atomic E-state index is -1.08. The van der Waals surface area contributed by atoms with Crippen molar-refractivity contribution in [3.8, 4) is 0 Å². The van der Waals surface area contributed by atoms with Crippen LogP contribution in [0.15, 0.2) is 30.3 Å². The third kappa shape index (κ3) is 2.91. The van der Waals surface area contributed by atoms with E-state index in [0.717, 1.165) is 9.75 Å². The first-order valence-corrected chi connectivity index (χ1v) is 6.81. The molecule has 2 rings (SSSR count). The lowest BCUT2D eigenvalue weighted by atomic mass is 9.94. The maximum atomic E-state index is 13.7. The van der Waals surface area contributed by atoms with Crippen LogP contribution in [0.1, 0.15) is 22.2 Å². The van der Waals surface area contributed by atoms with Crippen LogP contribution in [-0.4, -0.2) is 5.11 Å². The third-order valence-electron chi connectivity index (χ3n) is 2.81.